The normalized spacial score (nSPS) is 19.2. The summed E-state index contributed by atoms with van der Waals surface area (Å²) in [7, 11) is 0. The molecule has 0 amide bonds. The first-order chi connectivity index (χ1) is 19.4. The van der Waals surface area contributed by atoms with Crippen molar-refractivity contribution in [1.82, 2.24) is 0 Å². The molecule has 0 radical (unpaired) electrons. The van der Waals surface area contributed by atoms with Crippen molar-refractivity contribution in [3.63, 3.8) is 0 Å². The number of hydrogen-bond acceptors (Lipinski definition) is 0. The van der Waals surface area contributed by atoms with Crippen molar-refractivity contribution in [2.45, 2.75) is 29.6 Å². The molecule has 0 N–H and O–H groups in total. The van der Waals surface area contributed by atoms with E-state index in [1.54, 1.807) is 22.3 Å². The summed E-state index contributed by atoms with van der Waals surface area (Å²) in [5.74, 6) is 0. The molecule has 0 aromatic heterocycles. The van der Waals surface area contributed by atoms with Crippen LogP contribution in [0.5, 0.6) is 0 Å². The third kappa shape index (κ3) is 4.17. The Balaban J connectivity index is 0.00000158. The van der Waals surface area contributed by atoms with Crippen LogP contribution < -0.4 is 0 Å². The molecule has 0 nitrogen and oxygen atoms in total. The summed E-state index contributed by atoms with van der Waals surface area (Å²) in [5, 5.41) is 0. The van der Waals surface area contributed by atoms with E-state index in [4.69, 9.17) is 0 Å². The van der Waals surface area contributed by atoms with Gasteiger partial charge in [-0.25, -0.2) is 0 Å². The molecule has 0 fully saturated rings. The van der Waals surface area contributed by atoms with Crippen molar-refractivity contribution >= 4 is 42.9 Å². The average Bonchev–Trinajstić information content (AvgIpc) is 3.76. The molecule has 4 aromatic carbocycles. The Morgan fingerprint density at radius 3 is 1.31 bits per heavy atom. The molecule has 0 heterocycles. The van der Waals surface area contributed by atoms with Crippen LogP contribution in [0.15, 0.2) is 121 Å². The van der Waals surface area contributed by atoms with Crippen molar-refractivity contribution in [3.8, 4) is 22.3 Å². The molecule has 8 rings (SSSR count). The third-order valence-electron chi connectivity index (χ3n) is 10.0. The number of rotatable bonds is 4. The van der Waals surface area contributed by atoms with Crippen LogP contribution in [0.1, 0.15) is 53.6 Å². The fraction of sp³-hybridized carbons (Fsp3) is 0.158. The molecule has 210 valence electrons. The Morgan fingerprint density at radius 1 is 0.524 bits per heavy atom. The summed E-state index contributed by atoms with van der Waals surface area (Å²) in [6, 6.07) is 32.9. The molecular weight excluding hydrogens is 734 g/mol. The van der Waals surface area contributed by atoms with E-state index in [0.717, 1.165) is 12.8 Å². The first-order valence-electron chi connectivity index (χ1n) is 14.7. The standard InChI is InChI=1S/2C18H13.2CH3.2ClH.Hf.H2Si/c2*1-2-7-13(6-1)15-10-5-11-17-16-9-4-3-8-14(16)12-18(15)17;;;;;;/h2*1-6,8-12H,7H2;2*1H3;2*1H;;1H2. The van der Waals surface area contributed by atoms with Crippen molar-refractivity contribution in [3.05, 3.63) is 155 Å². The Labute approximate surface area is 264 Å². The van der Waals surface area contributed by atoms with Crippen LogP contribution >= 0.6 is 24.8 Å². The molecule has 4 aromatic rings. The Bertz CT molecular complexity index is 1820. The van der Waals surface area contributed by atoms with E-state index in [0.29, 0.717) is 7.35 Å². The summed E-state index contributed by atoms with van der Waals surface area (Å²) in [4.78, 5) is 0. The van der Waals surface area contributed by atoms with Gasteiger partial charge in [-0.1, -0.05) is 0 Å². The van der Waals surface area contributed by atoms with Gasteiger partial charge in [-0.2, -0.15) is 0 Å². The van der Waals surface area contributed by atoms with Crippen LogP contribution in [0.3, 0.4) is 0 Å². The van der Waals surface area contributed by atoms with Gasteiger partial charge in [-0.15, -0.1) is 24.8 Å². The zero-order chi connectivity index (χ0) is 27.1. The second kappa shape index (κ2) is 10.6. The minimum atomic E-state index is -3.98. The van der Waals surface area contributed by atoms with Crippen LogP contribution in [0, 0.1) is 0 Å². The molecule has 4 aliphatic rings. The van der Waals surface area contributed by atoms with Gasteiger partial charge < -0.3 is 0 Å². The van der Waals surface area contributed by atoms with E-state index in [2.05, 4.69) is 138 Å². The Kier molecular flexibility index (Phi) is 7.46. The van der Waals surface area contributed by atoms with Crippen LogP contribution in [-0.4, -0.2) is 6.94 Å². The van der Waals surface area contributed by atoms with Gasteiger partial charge in [0, 0.05) is 0 Å². The van der Waals surface area contributed by atoms with Crippen LogP contribution in [0.4, 0.5) is 0 Å². The van der Waals surface area contributed by atoms with Gasteiger partial charge in [-0.3, -0.25) is 0 Å². The molecule has 0 spiro atoms. The molecule has 0 saturated carbocycles. The van der Waals surface area contributed by atoms with E-state index in [1.807, 2.05) is 0 Å². The molecular formula is C38H36Cl2HfSi. The maximum absolute atomic E-state index is 3.98. The predicted octanol–water partition coefficient (Wildman–Crippen LogP) is 10.4. The van der Waals surface area contributed by atoms with Gasteiger partial charge in [0.2, 0.25) is 0 Å². The van der Waals surface area contributed by atoms with Gasteiger partial charge >= 0.3 is 242 Å². The molecule has 42 heavy (non-hydrogen) atoms. The molecule has 0 saturated heterocycles. The van der Waals surface area contributed by atoms with E-state index in [1.165, 1.54) is 44.5 Å². The summed E-state index contributed by atoms with van der Waals surface area (Å²) in [5.41, 5.74) is 18.1. The maximum atomic E-state index is 2.79. The second-order valence-electron chi connectivity index (χ2n) is 13.2. The van der Waals surface area contributed by atoms with Gasteiger partial charge in [0.15, 0.2) is 0 Å². The first kappa shape index (κ1) is 29.6. The van der Waals surface area contributed by atoms with Crippen LogP contribution in [-0.2, 0) is 17.1 Å². The molecule has 2 atom stereocenters. The molecule has 0 aliphatic heterocycles. The Hall–Kier alpha value is -2.49. The second-order valence-corrected chi connectivity index (χ2v) is 56.7. The van der Waals surface area contributed by atoms with Crippen molar-refractivity contribution in [2.24, 2.45) is 0 Å². The monoisotopic (exact) mass is 770 g/mol. The van der Waals surface area contributed by atoms with Gasteiger partial charge in [0.25, 0.3) is 0 Å². The quantitative estimate of drug-likeness (QED) is 0.181. The van der Waals surface area contributed by atoms with Gasteiger partial charge in [-0.05, 0) is 0 Å². The Morgan fingerprint density at radius 2 is 0.905 bits per heavy atom. The van der Waals surface area contributed by atoms with Crippen molar-refractivity contribution < 1.29 is 17.1 Å². The van der Waals surface area contributed by atoms with Crippen LogP contribution in [0.2, 0.25) is 9.36 Å². The molecule has 4 aliphatic carbocycles. The van der Waals surface area contributed by atoms with Crippen molar-refractivity contribution in [2.75, 3.05) is 0 Å². The van der Waals surface area contributed by atoms with E-state index < -0.39 is 17.1 Å². The fourth-order valence-electron chi connectivity index (χ4n) is 8.51. The van der Waals surface area contributed by atoms with Gasteiger partial charge in [0.1, 0.15) is 0 Å². The average molecular weight is 770 g/mol. The van der Waals surface area contributed by atoms with Crippen LogP contribution in [0.25, 0.3) is 33.4 Å². The van der Waals surface area contributed by atoms with Crippen molar-refractivity contribution in [1.29, 1.82) is 0 Å². The zero-order valence-corrected chi connectivity index (χ0v) is 30.8. The summed E-state index contributed by atoms with van der Waals surface area (Å²) >= 11 is -3.98. The number of fused-ring (bicyclic) bond motifs is 6. The van der Waals surface area contributed by atoms with Gasteiger partial charge in [0.05, 0.1) is 0 Å². The minimum absolute atomic E-state index is 0. The molecule has 2 unspecified atom stereocenters. The molecule has 0 bridgehead atoms. The first-order valence-corrected chi connectivity index (χ1v) is 34.3. The number of hydrogen-bond donors (Lipinski definition) is 0. The SMILES string of the molecule is Cl.Cl.[CH3][Hf]([CH3])(=[SiH2])([CH]1c2ccccc2-c2cccc(C3=CC=CC3)c21)[CH]1c2ccccc2-c2cccc(C3=CC=CC3)c21. The summed E-state index contributed by atoms with van der Waals surface area (Å²) < 4.78 is 6.51. The topological polar surface area (TPSA) is 0 Å². The predicted molar refractivity (Wildman–Crippen MR) is 186 cm³/mol. The van der Waals surface area contributed by atoms with E-state index in [9.17, 15) is 0 Å². The summed E-state index contributed by atoms with van der Waals surface area (Å²) in [6.45, 7) is 2.47. The number of benzene rings is 4. The summed E-state index contributed by atoms with van der Waals surface area (Å²) in [6.07, 6.45) is 15.9. The zero-order valence-electron chi connectivity index (χ0n) is 24.1. The number of allylic oxidation sites excluding steroid dienone is 8. The van der Waals surface area contributed by atoms with E-state index in [-0.39, 0.29) is 24.8 Å². The van der Waals surface area contributed by atoms with E-state index >= 15 is 0 Å². The third-order valence-corrected chi connectivity index (χ3v) is 34.7. The fourth-order valence-corrected chi connectivity index (χ4v) is 34.8. The molecule has 4 heteroatoms. The number of halogens is 2.